The van der Waals surface area contributed by atoms with E-state index < -0.39 is 0 Å². The van der Waals surface area contributed by atoms with Gasteiger partial charge in [0.15, 0.2) is 0 Å². The third-order valence-corrected chi connectivity index (χ3v) is 2.43. The van der Waals surface area contributed by atoms with Crippen LogP contribution in [0, 0.1) is 0 Å². The first-order valence-corrected chi connectivity index (χ1v) is 5.36. The fraction of sp³-hybridized carbons (Fsp3) is 0.900. The molecule has 1 aliphatic rings. The standard InChI is InChI=1S/C10H20N2O2/c1-2-3-4-12-10(13)7-14-9-5-8(11)6-9/h8-9H,2-7,11H2,1H3,(H,12,13). The average Bonchev–Trinajstić information content (AvgIpc) is 2.11. The number of hydrogen-bond acceptors (Lipinski definition) is 3. The van der Waals surface area contributed by atoms with E-state index in [9.17, 15) is 4.79 Å². The molecule has 14 heavy (non-hydrogen) atoms. The fourth-order valence-corrected chi connectivity index (χ4v) is 1.39. The van der Waals surface area contributed by atoms with Gasteiger partial charge in [0.05, 0.1) is 6.10 Å². The van der Waals surface area contributed by atoms with Gasteiger partial charge in [-0.05, 0) is 19.3 Å². The number of rotatable bonds is 6. The van der Waals surface area contributed by atoms with Crippen molar-refractivity contribution >= 4 is 5.91 Å². The predicted octanol–water partition coefficient (Wildman–Crippen LogP) is 0.409. The number of amides is 1. The largest absolute Gasteiger partial charge is 0.368 e. The summed E-state index contributed by atoms with van der Waals surface area (Å²) in [5, 5.41) is 2.80. The minimum absolute atomic E-state index is 0.0149. The van der Waals surface area contributed by atoms with Crippen molar-refractivity contribution in [2.24, 2.45) is 5.73 Å². The maximum Gasteiger partial charge on any atom is 0.246 e. The zero-order chi connectivity index (χ0) is 10.4. The van der Waals surface area contributed by atoms with Crippen LogP contribution in [0.2, 0.25) is 0 Å². The average molecular weight is 200 g/mol. The van der Waals surface area contributed by atoms with Gasteiger partial charge in [0.2, 0.25) is 5.91 Å². The zero-order valence-electron chi connectivity index (χ0n) is 8.79. The maximum absolute atomic E-state index is 11.2. The molecule has 1 saturated carbocycles. The van der Waals surface area contributed by atoms with Crippen molar-refractivity contribution in [3.05, 3.63) is 0 Å². The van der Waals surface area contributed by atoms with Gasteiger partial charge >= 0.3 is 0 Å². The van der Waals surface area contributed by atoms with E-state index in [1.807, 2.05) is 0 Å². The lowest BCUT2D eigenvalue weighted by atomic mass is 9.90. The van der Waals surface area contributed by atoms with E-state index in [4.69, 9.17) is 10.5 Å². The van der Waals surface area contributed by atoms with E-state index in [1.54, 1.807) is 0 Å². The van der Waals surface area contributed by atoms with Crippen molar-refractivity contribution < 1.29 is 9.53 Å². The second-order valence-corrected chi connectivity index (χ2v) is 3.87. The van der Waals surface area contributed by atoms with Crippen LogP contribution >= 0.6 is 0 Å². The number of nitrogens with two attached hydrogens (primary N) is 1. The van der Waals surface area contributed by atoms with Gasteiger partial charge in [-0.1, -0.05) is 13.3 Å². The summed E-state index contributed by atoms with van der Waals surface area (Å²) in [6.45, 7) is 3.03. The molecule has 1 amide bonds. The SMILES string of the molecule is CCCCNC(=O)COC1CC(N)C1. The van der Waals surface area contributed by atoms with Crippen molar-refractivity contribution in [1.29, 1.82) is 0 Å². The smallest absolute Gasteiger partial charge is 0.246 e. The van der Waals surface area contributed by atoms with Crippen molar-refractivity contribution in [3.63, 3.8) is 0 Å². The third-order valence-electron chi connectivity index (χ3n) is 2.43. The van der Waals surface area contributed by atoms with E-state index in [0.717, 1.165) is 32.2 Å². The number of ether oxygens (including phenoxy) is 1. The molecule has 0 heterocycles. The molecule has 4 heteroatoms. The molecule has 0 aromatic carbocycles. The van der Waals surface area contributed by atoms with Crippen LogP contribution in [0.3, 0.4) is 0 Å². The summed E-state index contributed by atoms with van der Waals surface area (Å²) < 4.78 is 5.35. The van der Waals surface area contributed by atoms with Crippen LogP contribution in [0.4, 0.5) is 0 Å². The van der Waals surface area contributed by atoms with Gasteiger partial charge in [0.1, 0.15) is 6.61 Å². The molecule has 3 N–H and O–H groups in total. The minimum atomic E-state index is -0.0149. The summed E-state index contributed by atoms with van der Waals surface area (Å²) in [5.41, 5.74) is 5.59. The van der Waals surface area contributed by atoms with Crippen LogP contribution in [-0.4, -0.2) is 31.2 Å². The van der Waals surface area contributed by atoms with E-state index in [-0.39, 0.29) is 24.7 Å². The highest BCUT2D eigenvalue weighted by Crippen LogP contribution is 2.20. The van der Waals surface area contributed by atoms with Gasteiger partial charge in [-0.2, -0.15) is 0 Å². The number of unbranched alkanes of at least 4 members (excludes halogenated alkanes) is 1. The Kier molecular flexibility index (Phi) is 4.90. The molecular formula is C10H20N2O2. The molecule has 0 aliphatic heterocycles. The summed E-state index contributed by atoms with van der Waals surface area (Å²) in [6.07, 6.45) is 4.12. The Labute approximate surface area is 85.2 Å². The first kappa shape index (κ1) is 11.5. The van der Waals surface area contributed by atoms with Crippen molar-refractivity contribution in [2.75, 3.05) is 13.2 Å². The Balaban J connectivity index is 1.93. The van der Waals surface area contributed by atoms with Gasteiger partial charge < -0.3 is 15.8 Å². The van der Waals surface area contributed by atoms with E-state index in [1.165, 1.54) is 0 Å². The molecule has 1 aliphatic carbocycles. The van der Waals surface area contributed by atoms with Crippen LogP contribution in [0.1, 0.15) is 32.6 Å². The molecular weight excluding hydrogens is 180 g/mol. The summed E-state index contributed by atoms with van der Waals surface area (Å²) in [4.78, 5) is 11.2. The maximum atomic E-state index is 11.2. The number of nitrogens with one attached hydrogen (secondary N) is 1. The molecule has 4 nitrogen and oxygen atoms in total. The molecule has 0 aromatic heterocycles. The van der Waals surface area contributed by atoms with Crippen molar-refractivity contribution in [1.82, 2.24) is 5.32 Å². The second kappa shape index (κ2) is 5.98. The number of hydrogen-bond donors (Lipinski definition) is 2. The molecule has 0 bridgehead atoms. The highest BCUT2D eigenvalue weighted by Gasteiger charge is 2.26. The predicted molar refractivity (Wildman–Crippen MR) is 54.9 cm³/mol. The molecule has 82 valence electrons. The Hall–Kier alpha value is -0.610. The fourth-order valence-electron chi connectivity index (χ4n) is 1.39. The lowest BCUT2D eigenvalue weighted by molar-refractivity contribution is -0.129. The van der Waals surface area contributed by atoms with E-state index >= 15 is 0 Å². The van der Waals surface area contributed by atoms with Gasteiger partial charge in [-0.3, -0.25) is 4.79 Å². The molecule has 0 unspecified atom stereocenters. The van der Waals surface area contributed by atoms with Gasteiger partial charge in [0, 0.05) is 12.6 Å². The normalized spacial score (nSPS) is 25.6. The molecule has 0 saturated heterocycles. The first-order chi connectivity index (χ1) is 6.72. The van der Waals surface area contributed by atoms with E-state index in [0.29, 0.717) is 0 Å². The lowest BCUT2D eigenvalue weighted by Crippen LogP contribution is -2.43. The Morgan fingerprint density at radius 3 is 2.86 bits per heavy atom. The molecule has 0 aromatic rings. The minimum Gasteiger partial charge on any atom is -0.368 e. The third kappa shape index (κ3) is 4.07. The Bertz CT molecular complexity index is 179. The molecule has 0 spiro atoms. The van der Waals surface area contributed by atoms with Crippen LogP contribution in [0.25, 0.3) is 0 Å². The molecule has 0 atom stereocenters. The van der Waals surface area contributed by atoms with Crippen LogP contribution in [-0.2, 0) is 9.53 Å². The Morgan fingerprint density at radius 1 is 1.57 bits per heavy atom. The van der Waals surface area contributed by atoms with Gasteiger partial charge in [-0.25, -0.2) is 0 Å². The number of carbonyl (C=O) groups is 1. The summed E-state index contributed by atoms with van der Waals surface area (Å²) in [6, 6.07) is 0.281. The van der Waals surface area contributed by atoms with Crippen LogP contribution < -0.4 is 11.1 Å². The van der Waals surface area contributed by atoms with E-state index in [2.05, 4.69) is 12.2 Å². The lowest BCUT2D eigenvalue weighted by Gasteiger charge is -2.31. The summed E-state index contributed by atoms with van der Waals surface area (Å²) in [5.74, 6) is -0.0149. The van der Waals surface area contributed by atoms with Crippen LogP contribution in [0.15, 0.2) is 0 Å². The van der Waals surface area contributed by atoms with Crippen LogP contribution in [0.5, 0.6) is 0 Å². The summed E-state index contributed by atoms with van der Waals surface area (Å²) >= 11 is 0. The molecule has 1 rings (SSSR count). The summed E-state index contributed by atoms with van der Waals surface area (Å²) in [7, 11) is 0. The second-order valence-electron chi connectivity index (χ2n) is 3.87. The highest BCUT2D eigenvalue weighted by atomic mass is 16.5. The molecule has 1 fully saturated rings. The zero-order valence-corrected chi connectivity index (χ0v) is 8.79. The van der Waals surface area contributed by atoms with Gasteiger partial charge in [-0.15, -0.1) is 0 Å². The monoisotopic (exact) mass is 200 g/mol. The first-order valence-electron chi connectivity index (χ1n) is 5.36. The van der Waals surface area contributed by atoms with Gasteiger partial charge in [0.25, 0.3) is 0 Å². The quantitative estimate of drug-likeness (QED) is 0.610. The van der Waals surface area contributed by atoms with Crippen molar-refractivity contribution in [2.45, 2.75) is 44.8 Å². The van der Waals surface area contributed by atoms with Crippen molar-refractivity contribution in [3.8, 4) is 0 Å². The Morgan fingerprint density at radius 2 is 2.29 bits per heavy atom. The highest BCUT2D eigenvalue weighted by molar-refractivity contribution is 5.77. The number of carbonyl (C=O) groups excluding carboxylic acids is 1. The molecule has 0 radical (unpaired) electrons. The topological polar surface area (TPSA) is 64.3 Å².